The summed E-state index contributed by atoms with van der Waals surface area (Å²) in [6.07, 6.45) is 0.992. The number of hydrogen-bond acceptors (Lipinski definition) is 5. The number of hydrogen-bond donors (Lipinski definition) is 0. The Labute approximate surface area is 132 Å². The molecule has 2 aliphatic heterocycles. The molecule has 0 amide bonds. The second-order valence-electron chi connectivity index (χ2n) is 5.34. The van der Waals surface area contributed by atoms with Gasteiger partial charge in [0.2, 0.25) is 0 Å². The van der Waals surface area contributed by atoms with Crippen LogP contribution in [0.1, 0.15) is 12.0 Å². The Kier molecular flexibility index (Phi) is 4.69. The lowest BCUT2D eigenvalue weighted by Gasteiger charge is -2.43. The fourth-order valence-electron chi connectivity index (χ4n) is 3.04. The molecule has 21 heavy (non-hydrogen) atoms. The van der Waals surface area contributed by atoms with Gasteiger partial charge in [-0.3, -0.25) is 15.0 Å². The summed E-state index contributed by atoms with van der Waals surface area (Å²) in [4.78, 5) is 13.2. The molecule has 7 heteroatoms. The SMILES string of the molecule is O=[N+]([O-])c1ccc(Cl)cc1CN1CCS[C@H]2COCC[C@@H]21. The number of halogens is 1. The number of nitro benzene ring substituents is 1. The zero-order valence-electron chi connectivity index (χ0n) is 11.5. The van der Waals surface area contributed by atoms with Gasteiger partial charge in [0.25, 0.3) is 5.69 Å². The van der Waals surface area contributed by atoms with E-state index in [0.29, 0.717) is 28.4 Å². The van der Waals surface area contributed by atoms with E-state index in [9.17, 15) is 10.1 Å². The normalized spacial score (nSPS) is 26.3. The minimum Gasteiger partial charge on any atom is -0.380 e. The Morgan fingerprint density at radius 2 is 2.38 bits per heavy atom. The molecule has 0 radical (unpaired) electrons. The lowest BCUT2D eigenvalue weighted by molar-refractivity contribution is -0.385. The fourth-order valence-corrected chi connectivity index (χ4v) is 4.60. The first-order chi connectivity index (χ1) is 10.1. The average Bonchev–Trinajstić information content (AvgIpc) is 2.47. The van der Waals surface area contributed by atoms with E-state index in [2.05, 4.69) is 4.90 Å². The molecule has 2 aliphatic rings. The monoisotopic (exact) mass is 328 g/mol. The predicted octanol–water partition coefficient (Wildman–Crippen LogP) is 2.95. The number of thioether (sulfide) groups is 1. The highest BCUT2D eigenvalue weighted by Gasteiger charge is 2.35. The van der Waals surface area contributed by atoms with Crippen LogP contribution in [0.15, 0.2) is 18.2 Å². The number of nitrogens with zero attached hydrogens (tertiary/aromatic N) is 2. The van der Waals surface area contributed by atoms with Gasteiger partial charge in [-0.1, -0.05) is 11.6 Å². The van der Waals surface area contributed by atoms with E-state index in [4.69, 9.17) is 16.3 Å². The maximum Gasteiger partial charge on any atom is 0.273 e. The molecule has 0 bridgehead atoms. The van der Waals surface area contributed by atoms with Crippen molar-refractivity contribution in [3.05, 3.63) is 38.9 Å². The molecule has 0 saturated carbocycles. The van der Waals surface area contributed by atoms with Gasteiger partial charge in [0.05, 0.1) is 11.5 Å². The number of benzene rings is 1. The van der Waals surface area contributed by atoms with Crippen molar-refractivity contribution in [2.24, 2.45) is 0 Å². The number of rotatable bonds is 3. The molecule has 1 aromatic carbocycles. The van der Waals surface area contributed by atoms with Crippen molar-refractivity contribution in [1.29, 1.82) is 0 Å². The minimum absolute atomic E-state index is 0.154. The first-order valence-corrected chi connectivity index (χ1v) is 8.44. The van der Waals surface area contributed by atoms with E-state index >= 15 is 0 Å². The number of ether oxygens (including phenoxy) is 1. The van der Waals surface area contributed by atoms with Gasteiger partial charge in [0, 0.05) is 53.4 Å². The van der Waals surface area contributed by atoms with E-state index in [1.54, 1.807) is 12.1 Å². The van der Waals surface area contributed by atoms with Crippen LogP contribution in [0.3, 0.4) is 0 Å². The Balaban J connectivity index is 1.82. The summed E-state index contributed by atoms with van der Waals surface area (Å²) in [5.74, 6) is 1.04. The summed E-state index contributed by atoms with van der Waals surface area (Å²) in [5.41, 5.74) is 0.853. The standard InChI is InChI=1S/C14H17ClN2O3S/c15-11-1-2-12(17(18)19)10(7-11)8-16-4-6-21-14-9-20-5-3-13(14)16/h1-2,7,13-14H,3-6,8-9H2/t13-,14-/m0/s1. The van der Waals surface area contributed by atoms with Crippen molar-refractivity contribution in [1.82, 2.24) is 4.90 Å². The Morgan fingerprint density at radius 1 is 1.52 bits per heavy atom. The quantitative estimate of drug-likeness (QED) is 0.630. The first kappa shape index (κ1) is 15.1. The summed E-state index contributed by atoms with van der Waals surface area (Å²) in [6, 6.07) is 5.23. The summed E-state index contributed by atoms with van der Waals surface area (Å²) < 4.78 is 5.54. The van der Waals surface area contributed by atoms with Crippen LogP contribution in [0.25, 0.3) is 0 Å². The van der Waals surface area contributed by atoms with Crippen LogP contribution in [0, 0.1) is 10.1 Å². The third kappa shape index (κ3) is 3.34. The van der Waals surface area contributed by atoms with E-state index in [1.165, 1.54) is 6.07 Å². The van der Waals surface area contributed by atoms with Gasteiger partial charge >= 0.3 is 0 Å². The van der Waals surface area contributed by atoms with E-state index in [-0.39, 0.29) is 10.6 Å². The van der Waals surface area contributed by atoms with Crippen molar-refractivity contribution < 1.29 is 9.66 Å². The largest absolute Gasteiger partial charge is 0.380 e. The van der Waals surface area contributed by atoms with Crippen molar-refractivity contribution in [3.8, 4) is 0 Å². The summed E-state index contributed by atoms with van der Waals surface area (Å²) in [6.45, 7) is 3.09. The average molecular weight is 329 g/mol. The van der Waals surface area contributed by atoms with Crippen LogP contribution >= 0.6 is 23.4 Å². The van der Waals surface area contributed by atoms with Gasteiger partial charge in [-0.15, -0.1) is 0 Å². The van der Waals surface area contributed by atoms with E-state index in [1.807, 2.05) is 11.8 Å². The van der Waals surface area contributed by atoms with Gasteiger partial charge in [-0.25, -0.2) is 0 Å². The molecule has 3 rings (SSSR count). The van der Waals surface area contributed by atoms with Crippen molar-refractivity contribution in [2.45, 2.75) is 24.3 Å². The van der Waals surface area contributed by atoms with Crippen LogP contribution < -0.4 is 0 Å². The van der Waals surface area contributed by atoms with Crippen LogP contribution in [-0.4, -0.2) is 46.6 Å². The second kappa shape index (κ2) is 6.52. The zero-order chi connectivity index (χ0) is 14.8. The predicted molar refractivity (Wildman–Crippen MR) is 84.0 cm³/mol. The summed E-state index contributed by atoms with van der Waals surface area (Å²) >= 11 is 7.96. The van der Waals surface area contributed by atoms with Crippen LogP contribution in [-0.2, 0) is 11.3 Å². The summed E-state index contributed by atoms with van der Waals surface area (Å²) in [5, 5.41) is 12.2. The molecule has 2 fully saturated rings. The van der Waals surface area contributed by atoms with Crippen LogP contribution in [0.5, 0.6) is 0 Å². The lowest BCUT2D eigenvalue weighted by atomic mass is 10.0. The van der Waals surface area contributed by atoms with Crippen LogP contribution in [0.2, 0.25) is 5.02 Å². The molecular formula is C14H17ClN2O3S. The minimum atomic E-state index is -0.328. The molecule has 2 atom stereocenters. The molecule has 0 aromatic heterocycles. The second-order valence-corrected chi connectivity index (χ2v) is 7.12. The van der Waals surface area contributed by atoms with Crippen molar-refractivity contribution in [2.75, 3.05) is 25.5 Å². The molecule has 0 unspecified atom stereocenters. The topological polar surface area (TPSA) is 55.6 Å². The molecule has 0 spiro atoms. The van der Waals surface area contributed by atoms with Crippen molar-refractivity contribution in [3.63, 3.8) is 0 Å². The van der Waals surface area contributed by atoms with Crippen LogP contribution in [0.4, 0.5) is 5.69 Å². The number of fused-ring (bicyclic) bond motifs is 1. The summed E-state index contributed by atoms with van der Waals surface area (Å²) in [7, 11) is 0. The number of nitro groups is 1. The Bertz CT molecular complexity index is 541. The molecule has 5 nitrogen and oxygen atoms in total. The highest BCUT2D eigenvalue weighted by molar-refractivity contribution is 8.00. The van der Waals surface area contributed by atoms with Gasteiger partial charge in [-0.2, -0.15) is 11.8 Å². The molecular weight excluding hydrogens is 312 g/mol. The van der Waals surface area contributed by atoms with E-state index in [0.717, 1.165) is 31.9 Å². The lowest BCUT2D eigenvalue weighted by Crippen LogP contribution is -2.51. The van der Waals surface area contributed by atoms with Crippen molar-refractivity contribution >= 4 is 29.1 Å². The molecule has 114 valence electrons. The third-order valence-electron chi connectivity index (χ3n) is 4.06. The molecule has 2 saturated heterocycles. The Hall–Kier alpha value is -0.820. The smallest absolute Gasteiger partial charge is 0.273 e. The van der Waals surface area contributed by atoms with Gasteiger partial charge < -0.3 is 4.74 Å². The third-order valence-corrected chi connectivity index (χ3v) is 5.59. The Morgan fingerprint density at radius 3 is 3.19 bits per heavy atom. The zero-order valence-corrected chi connectivity index (χ0v) is 13.1. The van der Waals surface area contributed by atoms with E-state index < -0.39 is 0 Å². The maximum absolute atomic E-state index is 11.2. The highest BCUT2D eigenvalue weighted by Crippen LogP contribution is 2.33. The molecule has 2 heterocycles. The molecule has 0 aliphatic carbocycles. The fraction of sp³-hybridized carbons (Fsp3) is 0.571. The molecule has 1 aromatic rings. The molecule has 0 N–H and O–H groups in total. The first-order valence-electron chi connectivity index (χ1n) is 7.01. The maximum atomic E-state index is 11.2. The van der Waals surface area contributed by atoms with Gasteiger partial charge in [0.15, 0.2) is 0 Å². The van der Waals surface area contributed by atoms with Gasteiger partial charge in [0.1, 0.15) is 0 Å². The van der Waals surface area contributed by atoms with Gasteiger partial charge in [-0.05, 0) is 18.6 Å². The highest BCUT2D eigenvalue weighted by atomic mass is 35.5.